The Balaban J connectivity index is 1.47. The number of nitrogens with zero attached hydrogens (tertiary/aromatic N) is 5. The van der Waals surface area contributed by atoms with Crippen LogP contribution in [0.4, 0.5) is 0 Å². The molecule has 1 atom stereocenters. The second-order valence-corrected chi connectivity index (χ2v) is 7.53. The van der Waals surface area contributed by atoms with E-state index < -0.39 is 0 Å². The van der Waals surface area contributed by atoms with Crippen molar-refractivity contribution in [1.82, 2.24) is 24.8 Å². The Morgan fingerprint density at radius 3 is 2.76 bits per heavy atom. The van der Waals surface area contributed by atoms with Gasteiger partial charge in [0, 0.05) is 26.2 Å². The zero-order valence-corrected chi connectivity index (χ0v) is 17.0. The summed E-state index contributed by atoms with van der Waals surface area (Å²) >= 11 is 0. The molecule has 1 aliphatic rings. The van der Waals surface area contributed by atoms with Gasteiger partial charge in [0.05, 0.1) is 25.0 Å². The fourth-order valence-electron chi connectivity index (χ4n) is 3.74. The lowest BCUT2D eigenvalue weighted by molar-refractivity contribution is -0.140. The Kier molecular flexibility index (Phi) is 5.44. The van der Waals surface area contributed by atoms with Gasteiger partial charge < -0.3 is 14.2 Å². The smallest absolute Gasteiger partial charge is 0.261 e. The highest BCUT2D eigenvalue weighted by Gasteiger charge is 2.32. The van der Waals surface area contributed by atoms with Crippen LogP contribution in [0.2, 0.25) is 0 Å². The molecule has 1 saturated heterocycles. The number of hydrogen-bond acceptors (Lipinski definition) is 6. The standard InChI is InChI=1S/C21H25N5O3/c1-14-8-15(2)10-16(9-14)4-5-19(27)26-6-7-28-13-18(26)20-23-21(29-24-20)17-11-22-25(3)12-17/h8-12,18H,4-7,13H2,1-3H3/t18-/m1/s1. The second kappa shape index (κ2) is 8.16. The summed E-state index contributed by atoms with van der Waals surface area (Å²) in [5.41, 5.74) is 4.35. The lowest BCUT2D eigenvalue weighted by Crippen LogP contribution is -2.44. The first kappa shape index (κ1) is 19.3. The minimum atomic E-state index is -0.343. The minimum Gasteiger partial charge on any atom is -0.377 e. The number of hydrogen-bond donors (Lipinski definition) is 0. The quantitative estimate of drug-likeness (QED) is 0.660. The van der Waals surface area contributed by atoms with E-state index in [1.165, 1.54) is 16.7 Å². The number of rotatable bonds is 5. The number of aromatic nitrogens is 4. The SMILES string of the molecule is Cc1cc(C)cc(CCC(=O)N2CCOC[C@@H]2c2noc(-c3cnn(C)c3)n2)c1. The van der Waals surface area contributed by atoms with Gasteiger partial charge in [-0.05, 0) is 25.8 Å². The highest BCUT2D eigenvalue weighted by atomic mass is 16.5. The molecule has 0 aliphatic carbocycles. The molecule has 0 unspecified atom stereocenters. The summed E-state index contributed by atoms with van der Waals surface area (Å²) in [6.07, 6.45) is 4.62. The maximum atomic E-state index is 13.0. The van der Waals surface area contributed by atoms with Gasteiger partial charge >= 0.3 is 0 Å². The largest absolute Gasteiger partial charge is 0.377 e. The van der Waals surface area contributed by atoms with E-state index >= 15 is 0 Å². The average molecular weight is 395 g/mol. The van der Waals surface area contributed by atoms with Crippen LogP contribution in [0.25, 0.3) is 11.5 Å². The molecule has 1 aliphatic heterocycles. The van der Waals surface area contributed by atoms with Crippen LogP contribution in [0.1, 0.15) is 35.0 Å². The van der Waals surface area contributed by atoms with Crippen molar-refractivity contribution < 1.29 is 14.1 Å². The van der Waals surface area contributed by atoms with Crippen molar-refractivity contribution in [2.45, 2.75) is 32.7 Å². The number of ether oxygens (including phenoxy) is 1. The Bertz CT molecular complexity index is 989. The number of carbonyl (C=O) groups is 1. The van der Waals surface area contributed by atoms with Crippen LogP contribution in [0.5, 0.6) is 0 Å². The molecule has 4 rings (SSSR count). The average Bonchev–Trinajstić information content (AvgIpc) is 3.34. The summed E-state index contributed by atoms with van der Waals surface area (Å²) in [6.45, 7) is 5.55. The van der Waals surface area contributed by atoms with E-state index in [0.29, 0.717) is 44.3 Å². The number of benzene rings is 1. The lowest BCUT2D eigenvalue weighted by atomic mass is 10.0. The molecule has 8 nitrogen and oxygen atoms in total. The maximum Gasteiger partial charge on any atom is 0.261 e. The van der Waals surface area contributed by atoms with E-state index in [2.05, 4.69) is 47.3 Å². The van der Waals surface area contributed by atoms with Crippen LogP contribution in [0.3, 0.4) is 0 Å². The van der Waals surface area contributed by atoms with Crippen molar-refractivity contribution in [3.05, 3.63) is 53.1 Å². The number of carbonyl (C=O) groups excluding carboxylic acids is 1. The van der Waals surface area contributed by atoms with E-state index in [1.807, 2.05) is 11.9 Å². The fraction of sp³-hybridized carbons (Fsp3) is 0.429. The van der Waals surface area contributed by atoms with Gasteiger partial charge in [-0.25, -0.2) is 0 Å². The zero-order chi connectivity index (χ0) is 20.4. The topological polar surface area (TPSA) is 86.3 Å². The summed E-state index contributed by atoms with van der Waals surface area (Å²) in [5.74, 6) is 0.926. The van der Waals surface area contributed by atoms with Gasteiger partial charge in [0.25, 0.3) is 5.89 Å². The summed E-state index contributed by atoms with van der Waals surface area (Å²) in [4.78, 5) is 19.3. The van der Waals surface area contributed by atoms with Crippen LogP contribution in [-0.4, -0.2) is 50.5 Å². The normalized spacial score (nSPS) is 16.9. The van der Waals surface area contributed by atoms with Crippen LogP contribution in [-0.2, 0) is 23.0 Å². The second-order valence-electron chi connectivity index (χ2n) is 7.53. The molecule has 0 spiro atoms. The van der Waals surface area contributed by atoms with Gasteiger partial charge in [0.2, 0.25) is 5.91 Å². The van der Waals surface area contributed by atoms with E-state index in [4.69, 9.17) is 9.26 Å². The number of morpholine rings is 1. The highest BCUT2D eigenvalue weighted by Crippen LogP contribution is 2.26. The van der Waals surface area contributed by atoms with Crippen molar-refractivity contribution in [2.75, 3.05) is 19.8 Å². The first-order chi connectivity index (χ1) is 14.0. The van der Waals surface area contributed by atoms with Crippen LogP contribution in [0, 0.1) is 13.8 Å². The molecule has 1 amide bonds. The van der Waals surface area contributed by atoms with E-state index in [9.17, 15) is 4.79 Å². The van der Waals surface area contributed by atoms with Crippen LogP contribution < -0.4 is 0 Å². The van der Waals surface area contributed by atoms with Gasteiger partial charge in [-0.15, -0.1) is 0 Å². The molecule has 3 heterocycles. The fourth-order valence-corrected chi connectivity index (χ4v) is 3.74. The molecule has 152 valence electrons. The number of amides is 1. The summed E-state index contributed by atoms with van der Waals surface area (Å²) in [6, 6.07) is 6.07. The predicted octanol–water partition coefficient (Wildman–Crippen LogP) is 2.62. The Labute approximate surface area is 169 Å². The van der Waals surface area contributed by atoms with Gasteiger partial charge in [0.1, 0.15) is 6.04 Å². The molecular formula is C21H25N5O3. The van der Waals surface area contributed by atoms with E-state index in [0.717, 1.165) is 5.56 Å². The first-order valence-corrected chi connectivity index (χ1v) is 9.76. The Morgan fingerprint density at radius 2 is 2.03 bits per heavy atom. The molecule has 0 bridgehead atoms. The monoisotopic (exact) mass is 395 g/mol. The summed E-state index contributed by atoms with van der Waals surface area (Å²) in [7, 11) is 1.83. The molecule has 0 radical (unpaired) electrons. The predicted molar refractivity (Wildman–Crippen MR) is 106 cm³/mol. The van der Waals surface area contributed by atoms with E-state index in [-0.39, 0.29) is 11.9 Å². The van der Waals surface area contributed by atoms with Gasteiger partial charge in [-0.1, -0.05) is 34.5 Å². The lowest BCUT2D eigenvalue weighted by Gasteiger charge is -2.33. The van der Waals surface area contributed by atoms with Gasteiger partial charge in [-0.2, -0.15) is 10.1 Å². The summed E-state index contributed by atoms with van der Waals surface area (Å²) < 4.78 is 12.7. The first-order valence-electron chi connectivity index (χ1n) is 9.76. The minimum absolute atomic E-state index is 0.0742. The number of aryl methyl sites for hydroxylation is 4. The maximum absolute atomic E-state index is 13.0. The summed E-state index contributed by atoms with van der Waals surface area (Å²) in [5, 5.41) is 8.23. The molecule has 3 aromatic rings. The molecule has 1 fully saturated rings. The molecule has 8 heteroatoms. The van der Waals surface area contributed by atoms with Crippen molar-refractivity contribution in [1.29, 1.82) is 0 Å². The third kappa shape index (κ3) is 4.37. The van der Waals surface area contributed by atoms with Crippen LogP contribution >= 0.6 is 0 Å². The zero-order valence-electron chi connectivity index (χ0n) is 17.0. The molecule has 2 aromatic heterocycles. The molecule has 29 heavy (non-hydrogen) atoms. The van der Waals surface area contributed by atoms with Crippen molar-refractivity contribution in [2.24, 2.45) is 7.05 Å². The van der Waals surface area contributed by atoms with Crippen molar-refractivity contribution >= 4 is 5.91 Å². The Morgan fingerprint density at radius 1 is 1.24 bits per heavy atom. The molecule has 0 saturated carbocycles. The van der Waals surface area contributed by atoms with E-state index in [1.54, 1.807) is 17.1 Å². The highest BCUT2D eigenvalue weighted by molar-refractivity contribution is 5.77. The molecule has 1 aromatic carbocycles. The van der Waals surface area contributed by atoms with Crippen LogP contribution in [0.15, 0.2) is 35.1 Å². The Hall–Kier alpha value is -3.00. The molecular weight excluding hydrogens is 370 g/mol. The van der Waals surface area contributed by atoms with Gasteiger partial charge in [0.15, 0.2) is 5.82 Å². The van der Waals surface area contributed by atoms with Crippen molar-refractivity contribution in [3.8, 4) is 11.5 Å². The van der Waals surface area contributed by atoms with Crippen molar-refractivity contribution in [3.63, 3.8) is 0 Å². The van der Waals surface area contributed by atoms with Gasteiger partial charge in [-0.3, -0.25) is 9.48 Å². The third-order valence-electron chi connectivity index (χ3n) is 5.05. The third-order valence-corrected chi connectivity index (χ3v) is 5.05. The molecule has 0 N–H and O–H groups in total.